The molecule has 5 rings (SSSR count). The van der Waals surface area contributed by atoms with Crippen LogP contribution in [0.15, 0.2) is 53.2 Å². The van der Waals surface area contributed by atoms with Crippen LogP contribution in [0.25, 0.3) is 21.8 Å². The Bertz CT molecular complexity index is 1060. The van der Waals surface area contributed by atoms with Crippen molar-refractivity contribution in [1.82, 2.24) is 4.57 Å². The number of nitrogens with zero attached hydrogens (tertiary/aromatic N) is 1. The first-order valence-electron chi connectivity index (χ1n) is 7.94. The van der Waals surface area contributed by atoms with Crippen molar-refractivity contribution in [2.75, 3.05) is 0 Å². The summed E-state index contributed by atoms with van der Waals surface area (Å²) >= 11 is 1.57. The molecule has 0 saturated heterocycles. The molecule has 0 aliphatic carbocycles. The highest BCUT2D eigenvalue weighted by Gasteiger charge is 2.20. The van der Waals surface area contributed by atoms with E-state index in [2.05, 4.69) is 41.0 Å². The van der Waals surface area contributed by atoms with Gasteiger partial charge in [-0.15, -0.1) is 0 Å². The fourth-order valence-corrected chi connectivity index (χ4v) is 4.45. The maximum atomic E-state index is 12.8. The molecule has 0 unspecified atom stereocenters. The Morgan fingerprint density at radius 3 is 2.83 bits per heavy atom. The van der Waals surface area contributed by atoms with E-state index in [4.69, 9.17) is 0 Å². The summed E-state index contributed by atoms with van der Waals surface area (Å²) in [5.74, 6) is 0.131. The van der Waals surface area contributed by atoms with Crippen LogP contribution < -0.4 is 0 Å². The van der Waals surface area contributed by atoms with Gasteiger partial charge in [0.2, 0.25) is 0 Å². The number of benzene rings is 2. The van der Waals surface area contributed by atoms with Crippen molar-refractivity contribution in [2.45, 2.75) is 19.4 Å². The van der Waals surface area contributed by atoms with Crippen LogP contribution in [0.4, 0.5) is 0 Å². The third kappa shape index (κ3) is 1.83. The number of thiophene rings is 1. The molecule has 3 heterocycles. The maximum Gasteiger partial charge on any atom is 0.193 e. The molecule has 2 aromatic carbocycles. The number of fused-ring (bicyclic) bond motifs is 3. The molecule has 0 fully saturated rings. The van der Waals surface area contributed by atoms with Gasteiger partial charge in [-0.1, -0.05) is 18.2 Å². The standard InChI is InChI=1S/C20H15NOS/c22-20(14-7-9-23-12-14)15-10-13-4-3-8-21-18-6-2-1-5-16(18)17(11-15)19(13)21/h1-2,5-7,9-12H,3-4,8H2. The molecule has 0 atom stereocenters. The quantitative estimate of drug-likeness (QED) is 0.475. The van der Waals surface area contributed by atoms with Gasteiger partial charge in [0, 0.05) is 39.3 Å². The van der Waals surface area contributed by atoms with E-state index in [-0.39, 0.29) is 5.78 Å². The van der Waals surface area contributed by atoms with Crippen LogP contribution in [0.3, 0.4) is 0 Å². The van der Waals surface area contributed by atoms with Crippen LogP contribution >= 0.6 is 11.3 Å². The highest BCUT2D eigenvalue weighted by Crippen LogP contribution is 2.36. The largest absolute Gasteiger partial charge is 0.340 e. The molecule has 0 amide bonds. The molecular formula is C20H15NOS. The summed E-state index contributed by atoms with van der Waals surface area (Å²) in [6.07, 6.45) is 2.19. The number of aryl methyl sites for hydroxylation is 2. The van der Waals surface area contributed by atoms with E-state index < -0.39 is 0 Å². The maximum absolute atomic E-state index is 12.8. The van der Waals surface area contributed by atoms with Gasteiger partial charge < -0.3 is 4.57 Å². The van der Waals surface area contributed by atoms with E-state index in [1.165, 1.54) is 27.4 Å². The van der Waals surface area contributed by atoms with Crippen molar-refractivity contribution >= 4 is 38.9 Å². The molecular weight excluding hydrogens is 302 g/mol. The van der Waals surface area contributed by atoms with Crippen LogP contribution in [-0.4, -0.2) is 10.4 Å². The lowest BCUT2D eigenvalue weighted by atomic mass is 9.96. The van der Waals surface area contributed by atoms with Crippen LogP contribution in [0.1, 0.15) is 27.9 Å². The Kier molecular flexibility index (Phi) is 2.73. The van der Waals surface area contributed by atoms with Gasteiger partial charge in [-0.05, 0) is 48.1 Å². The van der Waals surface area contributed by atoms with Gasteiger partial charge >= 0.3 is 0 Å². The number of carbonyl (C=O) groups is 1. The zero-order valence-electron chi connectivity index (χ0n) is 12.6. The van der Waals surface area contributed by atoms with Gasteiger partial charge in [0.1, 0.15) is 0 Å². The summed E-state index contributed by atoms with van der Waals surface area (Å²) in [4.78, 5) is 12.8. The van der Waals surface area contributed by atoms with Gasteiger partial charge in [-0.2, -0.15) is 11.3 Å². The molecule has 0 N–H and O–H groups in total. The second-order valence-electron chi connectivity index (χ2n) is 6.15. The summed E-state index contributed by atoms with van der Waals surface area (Å²) < 4.78 is 2.42. The molecule has 23 heavy (non-hydrogen) atoms. The number of rotatable bonds is 2. The van der Waals surface area contributed by atoms with Crippen molar-refractivity contribution in [3.63, 3.8) is 0 Å². The lowest BCUT2D eigenvalue weighted by Gasteiger charge is -2.17. The molecule has 0 spiro atoms. The second-order valence-corrected chi connectivity index (χ2v) is 6.93. The van der Waals surface area contributed by atoms with E-state index >= 15 is 0 Å². The highest BCUT2D eigenvalue weighted by atomic mass is 32.1. The third-order valence-corrected chi connectivity index (χ3v) is 5.50. The molecule has 1 aliphatic heterocycles. The molecule has 3 heteroatoms. The number of ketones is 1. The normalized spacial score (nSPS) is 13.7. The van der Waals surface area contributed by atoms with Crippen LogP contribution in [-0.2, 0) is 13.0 Å². The average molecular weight is 317 g/mol. The van der Waals surface area contributed by atoms with Crippen LogP contribution in [0.2, 0.25) is 0 Å². The minimum absolute atomic E-state index is 0.131. The van der Waals surface area contributed by atoms with Gasteiger partial charge in [0.05, 0.1) is 5.52 Å². The second kappa shape index (κ2) is 4.80. The first-order chi connectivity index (χ1) is 11.3. The highest BCUT2D eigenvalue weighted by molar-refractivity contribution is 7.08. The Morgan fingerprint density at radius 1 is 1.04 bits per heavy atom. The van der Waals surface area contributed by atoms with Crippen LogP contribution in [0.5, 0.6) is 0 Å². The topological polar surface area (TPSA) is 22.0 Å². The van der Waals surface area contributed by atoms with Gasteiger partial charge in [-0.25, -0.2) is 0 Å². The van der Waals surface area contributed by atoms with E-state index in [0.29, 0.717) is 0 Å². The van der Waals surface area contributed by atoms with Crippen LogP contribution in [0, 0.1) is 0 Å². The Labute approximate surface area is 138 Å². The summed E-state index contributed by atoms with van der Waals surface area (Å²) in [6, 6.07) is 14.6. The zero-order valence-corrected chi connectivity index (χ0v) is 13.4. The lowest BCUT2D eigenvalue weighted by molar-refractivity contribution is 0.103. The van der Waals surface area contributed by atoms with Gasteiger partial charge in [0.25, 0.3) is 0 Å². The Morgan fingerprint density at radius 2 is 1.96 bits per heavy atom. The molecule has 112 valence electrons. The lowest BCUT2D eigenvalue weighted by Crippen LogP contribution is -2.09. The monoisotopic (exact) mass is 317 g/mol. The van der Waals surface area contributed by atoms with Gasteiger partial charge in [0.15, 0.2) is 5.78 Å². The molecule has 0 saturated carbocycles. The number of hydrogen-bond donors (Lipinski definition) is 0. The zero-order chi connectivity index (χ0) is 15.4. The third-order valence-electron chi connectivity index (χ3n) is 4.82. The summed E-state index contributed by atoms with van der Waals surface area (Å²) in [6.45, 7) is 1.06. The molecule has 1 aliphatic rings. The molecule has 2 nitrogen and oxygen atoms in total. The minimum Gasteiger partial charge on any atom is -0.340 e. The number of para-hydroxylation sites is 1. The number of aromatic nitrogens is 1. The number of carbonyl (C=O) groups excluding carboxylic acids is 1. The summed E-state index contributed by atoms with van der Waals surface area (Å²) in [7, 11) is 0. The van der Waals surface area contributed by atoms with E-state index in [1.54, 1.807) is 11.3 Å². The number of hydrogen-bond acceptors (Lipinski definition) is 2. The first kappa shape index (κ1) is 13.1. The molecule has 4 aromatic rings. The fourth-order valence-electron chi connectivity index (χ4n) is 3.82. The minimum atomic E-state index is 0.131. The van der Waals surface area contributed by atoms with Crippen molar-refractivity contribution in [3.8, 4) is 0 Å². The van der Waals surface area contributed by atoms with Crippen molar-refractivity contribution in [1.29, 1.82) is 0 Å². The first-order valence-corrected chi connectivity index (χ1v) is 8.88. The van der Waals surface area contributed by atoms with E-state index in [0.717, 1.165) is 30.5 Å². The van der Waals surface area contributed by atoms with Crippen molar-refractivity contribution in [2.24, 2.45) is 0 Å². The van der Waals surface area contributed by atoms with Crippen molar-refractivity contribution < 1.29 is 4.79 Å². The summed E-state index contributed by atoms with van der Waals surface area (Å²) in [5, 5.41) is 6.37. The molecule has 2 aromatic heterocycles. The average Bonchev–Trinajstić information content (AvgIpc) is 3.23. The van der Waals surface area contributed by atoms with Gasteiger partial charge in [-0.3, -0.25) is 4.79 Å². The predicted molar refractivity (Wildman–Crippen MR) is 95.5 cm³/mol. The summed E-state index contributed by atoms with van der Waals surface area (Å²) in [5.41, 5.74) is 5.52. The Balaban J connectivity index is 1.85. The molecule has 0 bridgehead atoms. The fraction of sp³-hybridized carbons (Fsp3) is 0.150. The molecule has 0 radical (unpaired) electrons. The smallest absolute Gasteiger partial charge is 0.193 e. The van der Waals surface area contributed by atoms with E-state index in [1.807, 2.05) is 16.8 Å². The Hall–Kier alpha value is -2.39. The SMILES string of the molecule is O=C(c1ccsc1)c1cc2c3c(c1)c1ccccc1n3CCC2. The predicted octanol–water partition coefficient (Wildman–Crippen LogP) is 5.03. The van der Waals surface area contributed by atoms with Crippen molar-refractivity contribution in [3.05, 3.63) is 69.9 Å². The van der Waals surface area contributed by atoms with E-state index in [9.17, 15) is 4.79 Å².